The van der Waals surface area contributed by atoms with Crippen molar-refractivity contribution in [2.75, 3.05) is 0 Å². The molecule has 4 nitrogen and oxygen atoms in total. The van der Waals surface area contributed by atoms with Crippen molar-refractivity contribution in [2.24, 2.45) is 0 Å². The first kappa shape index (κ1) is 11.6. The average Bonchev–Trinajstić information content (AvgIpc) is 2.89. The van der Waals surface area contributed by atoms with Crippen LogP contribution in [0.4, 0.5) is 0 Å². The van der Waals surface area contributed by atoms with Crippen molar-refractivity contribution in [3.05, 3.63) is 42.2 Å². The second kappa shape index (κ2) is 4.99. The largest absolute Gasteiger partial charge is 0.339 e. The van der Waals surface area contributed by atoms with Gasteiger partial charge in [0.15, 0.2) is 5.78 Å². The smallest absolute Gasteiger partial charge is 0.176 e. The molecule has 0 fully saturated rings. The number of aromatic nitrogens is 3. The molecule has 2 rings (SSSR count). The van der Waals surface area contributed by atoms with Crippen molar-refractivity contribution in [2.45, 2.75) is 33.4 Å². The molecule has 90 valence electrons. The average molecular weight is 231 g/mol. The Morgan fingerprint density at radius 2 is 2.24 bits per heavy atom. The first-order chi connectivity index (χ1) is 8.22. The molecule has 4 heteroatoms. The van der Waals surface area contributed by atoms with Gasteiger partial charge in [-0.1, -0.05) is 6.92 Å². The summed E-state index contributed by atoms with van der Waals surface area (Å²) in [5, 5.41) is 0. The first-order valence-electron chi connectivity index (χ1n) is 5.87. The minimum atomic E-state index is 0.0940. The molecule has 0 saturated heterocycles. The van der Waals surface area contributed by atoms with Crippen molar-refractivity contribution in [1.29, 1.82) is 0 Å². The van der Waals surface area contributed by atoms with E-state index in [9.17, 15) is 4.79 Å². The van der Waals surface area contributed by atoms with Crippen LogP contribution in [-0.2, 0) is 13.1 Å². The van der Waals surface area contributed by atoms with Gasteiger partial charge < -0.3 is 9.13 Å². The van der Waals surface area contributed by atoms with E-state index >= 15 is 0 Å². The van der Waals surface area contributed by atoms with E-state index in [1.165, 1.54) is 0 Å². The van der Waals surface area contributed by atoms with E-state index in [1.807, 2.05) is 35.4 Å². The Morgan fingerprint density at radius 3 is 2.94 bits per heavy atom. The molecule has 0 aliphatic carbocycles. The maximum atomic E-state index is 11.4. The number of imidazole rings is 1. The summed E-state index contributed by atoms with van der Waals surface area (Å²) in [6.07, 6.45) is 6.71. The van der Waals surface area contributed by atoms with Gasteiger partial charge in [-0.25, -0.2) is 4.98 Å². The van der Waals surface area contributed by atoms with Crippen molar-refractivity contribution >= 4 is 5.78 Å². The zero-order chi connectivity index (χ0) is 12.3. The van der Waals surface area contributed by atoms with Gasteiger partial charge in [-0.3, -0.25) is 4.79 Å². The number of Topliss-reactive ketones (excluding diaryl/α,β-unsaturated/α-hetero) is 1. The summed E-state index contributed by atoms with van der Waals surface area (Å²) >= 11 is 0. The fraction of sp³-hybridized carbons (Fsp3) is 0.385. The number of ketones is 1. The monoisotopic (exact) mass is 231 g/mol. The van der Waals surface area contributed by atoms with Gasteiger partial charge in [-0.05, 0) is 18.6 Å². The SMILES string of the molecule is CCCn1cncc1Cn1cccc1C(C)=O. The normalized spacial score (nSPS) is 10.7. The summed E-state index contributed by atoms with van der Waals surface area (Å²) in [4.78, 5) is 15.6. The van der Waals surface area contributed by atoms with Gasteiger partial charge >= 0.3 is 0 Å². The van der Waals surface area contributed by atoms with Crippen LogP contribution in [0.2, 0.25) is 0 Å². The first-order valence-corrected chi connectivity index (χ1v) is 5.87. The minimum Gasteiger partial charge on any atom is -0.339 e. The lowest BCUT2D eigenvalue weighted by atomic mass is 10.3. The van der Waals surface area contributed by atoms with Gasteiger partial charge in [0.05, 0.1) is 24.3 Å². The van der Waals surface area contributed by atoms with Crippen molar-refractivity contribution < 1.29 is 4.79 Å². The Hall–Kier alpha value is -1.84. The van der Waals surface area contributed by atoms with Crippen LogP contribution in [0.15, 0.2) is 30.9 Å². The third kappa shape index (κ3) is 2.46. The Balaban J connectivity index is 2.22. The zero-order valence-electron chi connectivity index (χ0n) is 10.3. The zero-order valence-corrected chi connectivity index (χ0v) is 10.3. The number of carbonyl (C=O) groups is 1. The van der Waals surface area contributed by atoms with E-state index in [2.05, 4.69) is 16.5 Å². The van der Waals surface area contributed by atoms with Gasteiger partial charge in [-0.15, -0.1) is 0 Å². The standard InChI is InChI=1S/C13H17N3O/c1-3-6-16-10-14-8-12(16)9-15-7-4-5-13(15)11(2)17/h4-5,7-8,10H,3,6,9H2,1-2H3. The molecule has 0 spiro atoms. The van der Waals surface area contributed by atoms with E-state index in [1.54, 1.807) is 6.92 Å². The van der Waals surface area contributed by atoms with E-state index in [0.29, 0.717) is 6.54 Å². The minimum absolute atomic E-state index is 0.0940. The highest BCUT2D eigenvalue weighted by molar-refractivity contribution is 5.92. The molecular formula is C13H17N3O. The summed E-state index contributed by atoms with van der Waals surface area (Å²) in [6, 6.07) is 3.75. The fourth-order valence-corrected chi connectivity index (χ4v) is 1.97. The predicted octanol–water partition coefficient (Wildman–Crippen LogP) is 2.35. The lowest BCUT2D eigenvalue weighted by molar-refractivity contribution is 0.100. The Morgan fingerprint density at radius 1 is 1.41 bits per heavy atom. The summed E-state index contributed by atoms with van der Waals surface area (Å²) in [5.74, 6) is 0.0940. The van der Waals surface area contributed by atoms with E-state index in [-0.39, 0.29) is 5.78 Å². The Kier molecular flexibility index (Phi) is 3.42. The maximum Gasteiger partial charge on any atom is 0.176 e. The molecule has 0 amide bonds. The molecule has 2 aromatic rings. The number of rotatable bonds is 5. The van der Waals surface area contributed by atoms with Gasteiger partial charge in [0, 0.05) is 25.9 Å². The third-order valence-electron chi connectivity index (χ3n) is 2.79. The highest BCUT2D eigenvalue weighted by atomic mass is 16.1. The molecule has 0 bridgehead atoms. The van der Waals surface area contributed by atoms with Crippen LogP contribution in [0, 0.1) is 0 Å². The number of carbonyl (C=O) groups excluding carboxylic acids is 1. The highest BCUT2D eigenvalue weighted by Crippen LogP contribution is 2.09. The Bertz CT molecular complexity index is 510. The third-order valence-corrected chi connectivity index (χ3v) is 2.79. The van der Waals surface area contributed by atoms with Crippen LogP contribution in [0.3, 0.4) is 0 Å². The van der Waals surface area contributed by atoms with Crippen molar-refractivity contribution in [3.63, 3.8) is 0 Å². The molecule has 2 aromatic heterocycles. The van der Waals surface area contributed by atoms with Crippen molar-refractivity contribution in [3.8, 4) is 0 Å². The second-order valence-electron chi connectivity index (χ2n) is 4.16. The molecule has 2 heterocycles. The molecular weight excluding hydrogens is 214 g/mol. The fourth-order valence-electron chi connectivity index (χ4n) is 1.97. The molecule has 0 atom stereocenters. The molecule has 0 aromatic carbocycles. The van der Waals surface area contributed by atoms with Crippen LogP contribution in [0.5, 0.6) is 0 Å². The van der Waals surface area contributed by atoms with E-state index < -0.39 is 0 Å². The van der Waals surface area contributed by atoms with Crippen LogP contribution < -0.4 is 0 Å². The van der Waals surface area contributed by atoms with E-state index in [0.717, 1.165) is 24.4 Å². The van der Waals surface area contributed by atoms with Gasteiger partial charge in [0.1, 0.15) is 0 Å². The lowest BCUT2D eigenvalue weighted by Gasteiger charge is -2.09. The number of aryl methyl sites for hydroxylation is 1. The number of nitrogens with zero attached hydrogens (tertiary/aromatic N) is 3. The topological polar surface area (TPSA) is 39.8 Å². The molecule has 0 unspecified atom stereocenters. The molecule has 0 N–H and O–H groups in total. The van der Waals surface area contributed by atoms with E-state index in [4.69, 9.17) is 0 Å². The summed E-state index contributed by atoms with van der Waals surface area (Å²) < 4.78 is 4.09. The summed E-state index contributed by atoms with van der Waals surface area (Å²) in [6.45, 7) is 5.39. The van der Waals surface area contributed by atoms with Gasteiger partial charge in [-0.2, -0.15) is 0 Å². The second-order valence-corrected chi connectivity index (χ2v) is 4.16. The van der Waals surface area contributed by atoms with Crippen molar-refractivity contribution in [1.82, 2.24) is 14.1 Å². The summed E-state index contributed by atoms with van der Waals surface area (Å²) in [5.41, 5.74) is 1.87. The van der Waals surface area contributed by atoms with Crippen LogP contribution in [-0.4, -0.2) is 19.9 Å². The highest BCUT2D eigenvalue weighted by Gasteiger charge is 2.08. The van der Waals surface area contributed by atoms with Crippen LogP contribution in [0.25, 0.3) is 0 Å². The molecule has 0 saturated carbocycles. The summed E-state index contributed by atoms with van der Waals surface area (Å²) in [7, 11) is 0. The van der Waals surface area contributed by atoms with Gasteiger partial charge in [0.25, 0.3) is 0 Å². The lowest BCUT2D eigenvalue weighted by Crippen LogP contribution is -2.10. The molecule has 0 aliphatic rings. The molecule has 0 aliphatic heterocycles. The Labute approximate surface area is 101 Å². The van der Waals surface area contributed by atoms with Crippen LogP contribution in [0.1, 0.15) is 36.5 Å². The molecule has 0 radical (unpaired) electrons. The molecule has 17 heavy (non-hydrogen) atoms. The predicted molar refractivity (Wildman–Crippen MR) is 66.1 cm³/mol. The maximum absolute atomic E-state index is 11.4. The number of hydrogen-bond donors (Lipinski definition) is 0. The van der Waals surface area contributed by atoms with Gasteiger partial charge in [0.2, 0.25) is 0 Å². The number of hydrogen-bond acceptors (Lipinski definition) is 2. The quantitative estimate of drug-likeness (QED) is 0.741. The van der Waals surface area contributed by atoms with Crippen LogP contribution >= 0.6 is 0 Å².